The summed E-state index contributed by atoms with van der Waals surface area (Å²) >= 11 is 2.27. The number of carbonyl (C=O) groups is 1. The number of hydrogen-bond donors (Lipinski definition) is 1. The van der Waals surface area contributed by atoms with Gasteiger partial charge < -0.3 is 10.5 Å². The van der Waals surface area contributed by atoms with Gasteiger partial charge in [-0.05, 0) is 57.8 Å². The third-order valence-electron chi connectivity index (χ3n) is 2.55. The highest BCUT2D eigenvalue weighted by Gasteiger charge is 2.12. The molecule has 1 rings (SSSR count). The van der Waals surface area contributed by atoms with Crippen LogP contribution in [0.1, 0.15) is 23.6 Å². The number of nitrogens with two attached hydrogens (primary N) is 1. The van der Waals surface area contributed by atoms with Crippen molar-refractivity contribution in [3.05, 3.63) is 32.4 Å². The summed E-state index contributed by atoms with van der Waals surface area (Å²) in [5, 5.41) is 0. The van der Waals surface area contributed by atoms with Gasteiger partial charge in [0.05, 0.1) is 13.5 Å². The van der Waals surface area contributed by atoms with Crippen LogP contribution in [0.15, 0.2) is 12.1 Å². The molecule has 0 bridgehead atoms. The van der Waals surface area contributed by atoms with Crippen LogP contribution in [0.5, 0.6) is 0 Å². The smallest absolute Gasteiger partial charge is 0.309 e. The second-order valence-electron chi connectivity index (χ2n) is 3.51. The zero-order valence-electron chi connectivity index (χ0n) is 9.55. The van der Waals surface area contributed by atoms with Crippen LogP contribution in [-0.2, 0) is 28.9 Å². The first-order chi connectivity index (χ1) is 7.62. The highest BCUT2D eigenvalue weighted by molar-refractivity contribution is 14.1. The van der Waals surface area contributed by atoms with E-state index in [2.05, 4.69) is 35.6 Å². The van der Waals surface area contributed by atoms with Gasteiger partial charge in [0.1, 0.15) is 0 Å². The molecule has 0 spiro atoms. The number of aryl methyl sites for hydroxylation is 1. The number of hydrogen-bond acceptors (Lipinski definition) is 3. The third-order valence-corrected chi connectivity index (χ3v) is 3.17. The zero-order chi connectivity index (χ0) is 12.1. The van der Waals surface area contributed by atoms with E-state index in [4.69, 9.17) is 10.5 Å². The molecular weight excluding hydrogens is 317 g/mol. The molecular formula is C12H16INO2. The molecule has 0 aliphatic heterocycles. The van der Waals surface area contributed by atoms with E-state index < -0.39 is 0 Å². The summed E-state index contributed by atoms with van der Waals surface area (Å²) in [6, 6.07) is 4.12. The largest absolute Gasteiger partial charge is 0.469 e. The van der Waals surface area contributed by atoms with Crippen molar-refractivity contribution in [3.8, 4) is 0 Å². The van der Waals surface area contributed by atoms with Gasteiger partial charge in [-0.25, -0.2) is 0 Å². The number of esters is 1. The van der Waals surface area contributed by atoms with Gasteiger partial charge in [0.25, 0.3) is 0 Å². The van der Waals surface area contributed by atoms with Crippen molar-refractivity contribution in [1.29, 1.82) is 0 Å². The van der Waals surface area contributed by atoms with Crippen LogP contribution in [-0.4, -0.2) is 13.1 Å². The predicted octanol–water partition coefficient (Wildman–Crippen LogP) is 2.03. The molecule has 3 nitrogen and oxygen atoms in total. The Morgan fingerprint density at radius 2 is 2.06 bits per heavy atom. The molecule has 1 aromatic rings. The van der Waals surface area contributed by atoms with E-state index in [-0.39, 0.29) is 5.97 Å². The fourth-order valence-corrected chi connectivity index (χ4v) is 2.45. The molecule has 0 aliphatic carbocycles. The lowest BCUT2D eigenvalue weighted by Crippen LogP contribution is -2.12. The van der Waals surface area contributed by atoms with Crippen LogP contribution in [0.2, 0.25) is 0 Å². The summed E-state index contributed by atoms with van der Waals surface area (Å²) in [5.41, 5.74) is 8.94. The highest BCUT2D eigenvalue weighted by atomic mass is 127. The monoisotopic (exact) mass is 333 g/mol. The fraction of sp³-hybridized carbons (Fsp3) is 0.417. The molecule has 4 heteroatoms. The number of carbonyl (C=O) groups excluding carboxylic acids is 1. The van der Waals surface area contributed by atoms with Crippen LogP contribution < -0.4 is 5.73 Å². The Morgan fingerprint density at radius 1 is 1.44 bits per heavy atom. The van der Waals surface area contributed by atoms with Crippen LogP contribution in [0, 0.1) is 3.57 Å². The molecule has 0 aromatic heterocycles. The van der Waals surface area contributed by atoms with E-state index in [1.807, 2.05) is 6.07 Å². The van der Waals surface area contributed by atoms with Gasteiger partial charge >= 0.3 is 5.97 Å². The van der Waals surface area contributed by atoms with E-state index in [1.54, 1.807) is 0 Å². The molecule has 0 heterocycles. The zero-order valence-corrected chi connectivity index (χ0v) is 11.7. The molecule has 88 valence electrons. The van der Waals surface area contributed by atoms with Gasteiger partial charge in [-0.2, -0.15) is 0 Å². The van der Waals surface area contributed by atoms with Crippen molar-refractivity contribution < 1.29 is 9.53 Å². The average molecular weight is 333 g/mol. The van der Waals surface area contributed by atoms with Gasteiger partial charge in [0.2, 0.25) is 0 Å². The summed E-state index contributed by atoms with van der Waals surface area (Å²) in [5.74, 6) is -0.217. The predicted molar refractivity (Wildman–Crippen MR) is 72.1 cm³/mol. The van der Waals surface area contributed by atoms with Gasteiger partial charge in [-0.1, -0.05) is 6.92 Å². The van der Waals surface area contributed by atoms with Crippen molar-refractivity contribution in [2.45, 2.75) is 26.3 Å². The molecule has 0 atom stereocenters. The lowest BCUT2D eigenvalue weighted by Gasteiger charge is -2.13. The normalized spacial score (nSPS) is 10.2. The summed E-state index contributed by atoms with van der Waals surface area (Å²) in [6.45, 7) is 2.53. The lowest BCUT2D eigenvalue weighted by molar-refractivity contribution is -0.139. The van der Waals surface area contributed by atoms with Crippen LogP contribution in [0.3, 0.4) is 0 Å². The van der Waals surface area contributed by atoms with Gasteiger partial charge in [-0.3, -0.25) is 4.79 Å². The van der Waals surface area contributed by atoms with Gasteiger partial charge in [0.15, 0.2) is 0 Å². The van der Waals surface area contributed by atoms with Crippen molar-refractivity contribution in [1.82, 2.24) is 0 Å². The van der Waals surface area contributed by atoms with Crippen molar-refractivity contribution in [2.24, 2.45) is 5.73 Å². The Kier molecular flexibility index (Phi) is 5.21. The first kappa shape index (κ1) is 13.4. The second-order valence-corrected chi connectivity index (χ2v) is 4.76. The van der Waals surface area contributed by atoms with E-state index in [0.717, 1.165) is 21.1 Å². The van der Waals surface area contributed by atoms with Gasteiger partial charge in [-0.15, -0.1) is 0 Å². The summed E-state index contributed by atoms with van der Waals surface area (Å²) in [7, 11) is 1.41. The summed E-state index contributed by atoms with van der Waals surface area (Å²) in [6.07, 6.45) is 1.21. The fourth-order valence-electron chi connectivity index (χ4n) is 1.70. The minimum absolute atomic E-state index is 0.217. The Bertz CT molecular complexity index is 366. The number of ether oxygens (including phenoxy) is 1. The third kappa shape index (κ3) is 3.18. The Hall–Kier alpha value is -0.620. The number of halogens is 1. The SMILES string of the molecule is CCc1cc(I)cc(CN)c1CC(=O)OC. The second kappa shape index (κ2) is 6.20. The molecule has 1 aromatic carbocycles. The van der Waals surface area contributed by atoms with Crippen molar-refractivity contribution >= 4 is 28.6 Å². The van der Waals surface area contributed by atoms with E-state index in [1.165, 1.54) is 12.7 Å². The topological polar surface area (TPSA) is 52.3 Å². The molecule has 16 heavy (non-hydrogen) atoms. The van der Waals surface area contributed by atoms with Crippen LogP contribution >= 0.6 is 22.6 Å². The van der Waals surface area contributed by atoms with Crippen LogP contribution in [0.25, 0.3) is 0 Å². The number of rotatable bonds is 4. The van der Waals surface area contributed by atoms with Crippen LogP contribution in [0.4, 0.5) is 0 Å². The molecule has 0 radical (unpaired) electrons. The number of methoxy groups -OCH3 is 1. The standard InChI is InChI=1S/C12H16INO2/c1-3-8-4-10(13)5-9(7-14)11(8)6-12(15)16-2/h4-5H,3,6-7,14H2,1-2H3. The Labute approximate surface area is 109 Å². The molecule has 0 saturated carbocycles. The van der Waals surface area contributed by atoms with E-state index >= 15 is 0 Å². The van der Waals surface area contributed by atoms with Crippen molar-refractivity contribution in [2.75, 3.05) is 7.11 Å². The lowest BCUT2D eigenvalue weighted by atomic mass is 9.96. The number of benzene rings is 1. The minimum atomic E-state index is -0.217. The molecule has 0 amide bonds. The van der Waals surface area contributed by atoms with Crippen molar-refractivity contribution in [3.63, 3.8) is 0 Å². The molecule has 2 N–H and O–H groups in total. The maximum absolute atomic E-state index is 11.3. The van der Waals surface area contributed by atoms with E-state index in [0.29, 0.717) is 13.0 Å². The minimum Gasteiger partial charge on any atom is -0.469 e. The quantitative estimate of drug-likeness (QED) is 0.678. The maximum Gasteiger partial charge on any atom is 0.309 e. The molecule has 0 aliphatic rings. The molecule has 0 fully saturated rings. The summed E-state index contributed by atoms with van der Waals surface area (Å²) < 4.78 is 5.86. The maximum atomic E-state index is 11.3. The summed E-state index contributed by atoms with van der Waals surface area (Å²) in [4.78, 5) is 11.3. The Morgan fingerprint density at radius 3 is 2.56 bits per heavy atom. The first-order valence-electron chi connectivity index (χ1n) is 5.19. The van der Waals surface area contributed by atoms with E-state index in [9.17, 15) is 4.79 Å². The Balaban J connectivity index is 3.16. The average Bonchev–Trinajstić information content (AvgIpc) is 2.30. The first-order valence-corrected chi connectivity index (χ1v) is 6.27. The molecule has 0 unspecified atom stereocenters. The highest BCUT2D eigenvalue weighted by Crippen LogP contribution is 2.20. The van der Waals surface area contributed by atoms with Gasteiger partial charge in [0, 0.05) is 10.1 Å². The molecule has 0 saturated heterocycles.